The van der Waals surface area contributed by atoms with Crippen LogP contribution < -0.4 is 14.7 Å². The number of para-hydroxylation sites is 1. The van der Waals surface area contributed by atoms with Crippen LogP contribution >= 0.6 is 23.2 Å². The zero-order chi connectivity index (χ0) is 22.4. The first-order valence-corrected chi connectivity index (χ1v) is 10.7. The number of ether oxygens (including phenoxy) is 1. The van der Waals surface area contributed by atoms with Crippen LogP contribution in [0.25, 0.3) is 0 Å². The van der Waals surface area contributed by atoms with Crippen LogP contribution in [0.3, 0.4) is 0 Å². The Morgan fingerprint density at radius 1 is 0.844 bits per heavy atom. The fourth-order valence-corrected chi connectivity index (χ4v) is 4.55. The van der Waals surface area contributed by atoms with Crippen molar-refractivity contribution in [2.45, 2.75) is 12.1 Å². The Hall–Kier alpha value is -3.06. The second-order valence-electron chi connectivity index (χ2n) is 7.54. The molecule has 32 heavy (non-hydrogen) atoms. The molecule has 0 radical (unpaired) electrons. The first kappa shape index (κ1) is 20.8. The summed E-state index contributed by atoms with van der Waals surface area (Å²) in [7, 11) is 1.58. The maximum atomic E-state index is 13.6. The molecule has 2 aliphatic rings. The summed E-state index contributed by atoms with van der Waals surface area (Å²) in [6.07, 6.45) is -0.964. The number of nitrogens with zero attached hydrogens (tertiary/aromatic N) is 2. The summed E-state index contributed by atoms with van der Waals surface area (Å²) < 4.78 is 5.38. The Balaban J connectivity index is 1.59. The summed E-state index contributed by atoms with van der Waals surface area (Å²) in [6.45, 7) is 0. The normalized spacial score (nSPS) is 22.4. The number of carbonyl (C=O) groups is 2. The Bertz CT molecular complexity index is 1200. The van der Waals surface area contributed by atoms with Crippen molar-refractivity contribution in [1.82, 2.24) is 0 Å². The van der Waals surface area contributed by atoms with E-state index in [1.54, 1.807) is 24.3 Å². The SMILES string of the molecule is COc1cccc([C@H]2[C@H]3C(=O)N(c4ccc(Cl)c(Cl)c4)C(=O)[C@H]3ON2c2ccccc2)c1. The number of carbonyl (C=O) groups excluding carboxylic acids is 2. The van der Waals surface area contributed by atoms with Crippen molar-refractivity contribution in [1.29, 1.82) is 0 Å². The number of rotatable bonds is 4. The molecule has 8 heteroatoms. The van der Waals surface area contributed by atoms with E-state index in [4.69, 9.17) is 32.8 Å². The second-order valence-corrected chi connectivity index (χ2v) is 8.36. The Morgan fingerprint density at radius 2 is 1.62 bits per heavy atom. The van der Waals surface area contributed by atoms with Gasteiger partial charge in [0.25, 0.3) is 5.91 Å². The summed E-state index contributed by atoms with van der Waals surface area (Å²) in [4.78, 5) is 34.2. The van der Waals surface area contributed by atoms with Crippen LogP contribution in [0.4, 0.5) is 11.4 Å². The molecule has 2 heterocycles. The molecule has 162 valence electrons. The van der Waals surface area contributed by atoms with Gasteiger partial charge in [-0.1, -0.05) is 53.5 Å². The molecule has 6 nitrogen and oxygen atoms in total. The van der Waals surface area contributed by atoms with Crippen LogP contribution in [-0.2, 0) is 14.4 Å². The van der Waals surface area contributed by atoms with E-state index >= 15 is 0 Å². The highest BCUT2D eigenvalue weighted by molar-refractivity contribution is 6.42. The average Bonchev–Trinajstić information content (AvgIpc) is 3.32. The van der Waals surface area contributed by atoms with Gasteiger partial charge in [0.15, 0.2) is 6.10 Å². The van der Waals surface area contributed by atoms with Gasteiger partial charge in [0.1, 0.15) is 11.7 Å². The molecule has 3 aromatic carbocycles. The maximum absolute atomic E-state index is 13.6. The van der Waals surface area contributed by atoms with Gasteiger partial charge in [-0.2, -0.15) is 0 Å². The van der Waals surface area contributed by atoms with Gasteiger partial charge in [-0.05, 0) is 48.0 Å². The summed E-state index contributed by atoms with van der Waals surface area (Å²) in [5, 5.41) is 2.25. The molecule has 0 saturated carbocycles. The van der Waals surface area contributed by atoms with Gasteiger partial charge < -0.3 is 4.74 Å². The standard InChI is InChI=1S/C24H18Cl2N2O4/c1-31-17-9-5-6-14(12-17)21-20-22(32-28(21)15-7-3-2-4-8-15)24(30)27(23(20)29)16-10-11-18(25)19(26)13-16/h2-13,20-22H,1H3/t20-,21+,22+/m1/s1. The van der Waals surface area contributed by atoms with E-state index in [1.807, 2.05) is 54.6 Å². The highest BCUT2D eigenvalue weighted by atomic mass is 35.5. The van der Waals surface area contributed by atoms with Crippen molar-refractivity contribution in [3.8, 4) is 5.75 Å². The topological polar surface area (TPSA) is 59.1 Å². The summed E-state index contributed by atoms with van der Waals surface area (Å²) in [6, 6.07) is 21.0. The van der Waals surface area contributed by atoms with Gasteiger partial charge in [-0.3, -0.25) is 14.4 Å². The number of halogens is 2. The van der Waals surface area contributed by atoms with Gasteiger partial charge in [-0.15, -0.1) is 0 Å². The number of anilines is 2. The number of hydrogen-bond donors (Lipinski definition) is 0. The van der Waals surface area contributed by atoms with Crippen molar-refractivity contribution < 1.29 is 19.2 Å². The molecule has 0 unspecified atom stereocenters. The molecule has 0 N–H and O–H groups in total. The lowest BCUT2D eigenvalue weighted by Gasteiger charge is -2.29. The van der Waals surface area contributed by atoms with E-state index in [-0.39, 0.29) is 10.9 Å². The first-order valence-electron chi connectivity index (χ1n) is 9.97. The molecule has 2 saturated heterocycles. The number of methoxy groups -OCH3 is 1. The van der Waals surface area contributed by atoms with Gasteiger partial charge in [0, 0.05) is 0 Å². The number of imide groups is 1. The molecule has 5 rings (SSSR count). The smallest absolute Gasteiger partial charge is 0.266 e. The zero-order valence-corrected chi connectivity index (χ0v) is 18.5. The fraction of sp³-hybridized carbons (Fsp3) is 0.167. The lowest BCUT2D eigenvalue weighted by molar-refractivity contribution is -0.126. The highest BCUT2D eigenvalue weighted by Gasteiger charge is 2.60. The summed E-state index contributed by atoms with van der Waals surface area (Å²) in [5.74, 6) is -0.893. The monoisotopic (exact) mass is 468 g/mol. The number of hydroxylamine groups is 1. The molecule has 0 aliphatic carbocycles. The second kappa shape index (κ2) is 8.13. The summed E-state index contributed by atoms with van der Waals surface area (Å²) in [5.41, 5.74) is 1.91. The van der Waals surface area contributed by atoms with Crippen LogP contribution in [0.1, 0.15) is 11.6 Å². The van der Waals surface area contributed by atoms with Crippen LogP contribution in [0.15, 0.2) is 72.8 Å². The van der Waals surface area contributed by atoms with E-state index in [1.165, 1.54) is 6.07 Å². The predicted octanol–water partition coefficient (Wildman–Crippen LogP) is 5.05. The van der Waals surface area contributed by atoms with Crippen molar-refractivity contribution >= 4 is 46.4 Å². The van der Waals surface area contributed by atoms with E-state index in [0.29, 0.717) is 16.5 Å². The highest BCUT2D eigenvalue weighted by Crippen LogP contribution is 2.48. The van der Waals surface area contributed by atoms with Crippen molar-refractivity contribution in [2.24, 2.45) is 5.92 Å². The van der Waals surface area contributed by atoms with Gasteiger partial charge >= 0.3 is 0 Å². The fourth-order valence-electron chi connectivity index (χ4n) is 4.26. The number of benzene rings is 3. The number of fused-ring (bicyclic) bond motifs is 1. The molecule has 2 amide bonds. The molecule has 2 fully saturated rings. The van der Waals surface area contributed by atoms with Crippen LogP contribution in [0.5, 0.6) is 5.75 Å². The average molecular weight is 469 g/mol. The molecule has 3 atom stereocenters. The summed E-state index contributed by atoms with van der Waals surface area (Å²) >= 11 is 12.1. The van der Waals surface area contributed by atoms with E-state index in [0.717, 1.165) is 16.2 Å². The van der Waals surface area contributed by atoms with Gasteiger partial charge in [-0.25, -0.2) is 9.96 Å². The minimum absolute atomic E-state index is 0.262. The quantitative estimate of drug-likeness (QED) is 0.501. The number of amides is 2. The predicted molar refractivity (Wildman–Crippen MR) is 122 cm³/mol. The van der Waals surface area contributed by atoms with E-state index in [9.17, 15) is 9.59 Å². The lowest BCUT2D eigenvalue weighted by Crippen LogP contribution is -2.37. The van der Waals surface area contributed by atoms with Gasteiger partial charge in [0.05, 0.1) is 34.6 Å². The molecular weight excluding hydrogens is 451 g/mol. The van der Waals surface area contributed by atoms with E-state index < -0.39 is 24.0 Å². The Morgan fingerprint density at radius 3 is 2.34 bits per heavy atom. The van der Waals surface area contributed by atoms with E-state index in [2.05, 4.69) is 0 Å². The molecule has 0 spiro atoms. The lowest BCUT2D eigenvalue weighted by atomic mass is 9.90. The third-order valence-corrected chi connectivity index (χ3v) is 6.46. The minimum atomic E-state index is -0.964. The third kappa shape index (κ3) is 3.32. The van der Waals surface area contributed by atoms with Crippen molar-refractivity contribution in [3.63, 3.8) is 0 Å². The Kier molecular flexibility index (Phi) is 5.29. The first-order chi connectivity index (χ1) is 15.5. The van der Waals surface area contributed by atoms with Crippen LogP contribution in [0.2, 0.25) is 10.0 Å². The maximum Gasteiger partial charge on any atom is 0.266 e. The van der Waals surface area contributed by atoms with Crippen LogP contribution in [-0.4, -0.2) is 25.0 Å². The molecule has 0 aromatic heterocycles. The number of hydrogen-bond acceptors (Lipinski definition) is 5. The molecule has 0 bridgehead atoms. The Labute approximate surface area is 194 Å². The zero-order valence-electron chi connectivity index (χ0n) is 16.9. The molecule has 3 aromatic rings. The minimum Gasteiger partial charge on any atom is -0.497 e. The van der Waals surface area contributed by atoms with Crippen molar-refractivity contribution in [3.05, 3.63) is 88.4 Å². The molecule has 2 aliphatic heterocycles. The molecular formula is C24H18Cl2N2O4. The largest absolute Gasteiger partial charge is 0.497 e. The third-order valence-electron chi connectivity index (χ3n) is 5.72. The van der Waals surface area contributed by atoms with Gasteiger partial charge in [0.2, 0.25) is 5.91 Å². The van der Waals surface area contributed by atoms with Crippen molar-refractivity contribution in [2.75, 3.05) is 17.1 Å². The van der Waals surface area contributed by atoms with Crippen LogP contribution in [0, 0.1) is 5.92 Å².